The first-order valence-electron chi connectivity index (χ1n) is 14.6. The minimum Gasteiger partial charge on any atom is -0.339 e. The molecule has 0 bridgehead atoms. The summed E-state index contributed by atoms with van der Waals surface area (Å²) < 4.78 is 1.86. The van der Waals surface area contributed by atoms with Crippen LogP contribution in [0.4, 0.5) is 5.82 Å². The molecular formula is C34H35N5O3S. The summed E-state index contributed by atoms with van der Waals surface area (Å²) in [5, 5.41) is 5.04. The molecule has 6 rings (SSSR count). The van der Waals surface area contributed by atoms with Gasteiger partial charge in [-0.3, -0.25) is 19.3 Å². The molecule has 0 N–H and O–H groups in total. The smallest absolute Gasteiger partial charge is 0.242 e. The molecule has 0 saturated carbocycles. The van der Waals surface area contributed by atoms with Gasteiger partial charge in [0.1, 0.15) is 12.4 Å². The average Bonchev–Trinajstić information content (AvgIpc) is 3.34. The Morgan fingerprint density at radius 1 is 0.837 bits per heavy atom. The zero-order valence-electron chi connectivity index (χ0n) is 24.7. The van der Waals surface area contributed by atoms with Crippen molar-refractivity contribution in [2.45, 2.75) is 26.0 Å². The first kappa shape index (κ1) is 28.7. The first-order chi connectivity index (χ1) is 20.8. The number of para-hydroxylation sites is 1. The van der Waals surface area contributed by atoms with Crippen LogP contribution in [0.3, 0.4) is 0 Å². The number of hydrogen-bond donors (Lipinski definition) is 0. The van der Waals surface area contributed by atoms with Crippen molar-refractivity contribution in [1.82, 2.24) is 19.6 Å². The fourth-order valence-corrected chi connectivity index (χ4v) is 7.22. The van der Waals surface area contributed by atoms with Gasteiger partial charge in [0.25, 0.3) is 0 Å². The quantitative estimate of drug-likeness (QED) is 0.325. The molecule has 1 aromatic heterocycles. The fraction of sp³-hybridized carbons (Fsp3) is 0.294. The van der Waals surface area contributed by atoms with Crippen molar-refractivity contribution in [2.24, 2.45) is 0 Å². The number of benzene rings is 3. The zero-order valence-corrected chi connectivity index (χ0v) is 25.5. The normalized spacial score (nSPS) is 17.0. The van der Waals surface area contributed by atoms with E-state index in [1.165, 1.54) is 0 Å². The molecule has 3 amide bonds. The Morgan fingerprint density at radius 3 is 2.14 bits per heavy atom. The molecule has 3 heterocycles. The van der Waals surface area contributed by atoms with E-state index < -0.39 is 0 Å². The van der Waals surface area contributed by atoms with Crippen molar-refractivity contribution in [1.29, 1.82) is 0 Å². The molecule has 0 unspecified atom stereocenters. The van der Waals surface area contributed by atoms with E-state index in [0.29, 0.717) is 32.0 Å². The van der Waals surface area contributed by atoms with Crippen molar-refractivity contribution in [3.63, 3.8) is 0 Å². The molecule has 2 aliphatic heterocycles. The SMILES string of the molecule is CC(=O)N1CCN(C(=O)CN2C(=O)CS[C@@H](c3ccccc3C)c3c(-c4ccccc4)nn(-c4ccccc4C)c32)CC1. The summed E-state index contributed by atoms with van der Waals surface area (Å²) in [6.45, 7) is 7.45. The molecule has 1 fully saturated rings. The van der Waals surface area contributed by atoms with Crippen molar-refractivity contribution >= 4 is 35.3 Å². The lowest BCUT2D eigenvalue weighted by Gasteiger charge is -2.35. The van der Waals surface area contributed by atoms with Gasteiger partial charge in [-0.05, 0) is 36.6 Å². The minimum absolute atomic E-state index is 0.00860. The maximum Gasteiger partial charge on any atom is 0.242 e. The molecule has 8 nitrogen and oxygen atoms in total. The number of hydrogen-bond acceptors (Lipinski definition) is 5. The van der Waals surface area contributed by atoms with Gasteiger partial charge >= 0.3 is 0 Å². The van der Waals surface area contributed by atoms with Crippen LogP contribution in [0.1, 0.15) is 34.4 Å². The van der Waals surface area contributed by atoms with Crippen LogP contribution in [0.25, 0.3) is 16.9 Å². The van der Waals surface area contributed by atoms with Gasteiger partial charge in [-0.1, -0.05) is 72.8 Å². The van der Waals surface area contributed by atoms with Crippen LogP contribution in [-0.2, 0) is 14.4 Å². The summed E-state index contributed by atoms with van der Waals surface area (Å²) in [6.07, 6.45) is 0. The highest BCUT2D eigenvalue weighted by Gasteiger charge is 2.39. The number of piperazine rings is 1. The van der Waals surface area contributed by atoms with Crippen molar-refractivity contribution in [3.05, 3.63) is 101 Å². The number of fused-ring (bicyclic) bond motifs is 1. The van der Waals surface area contributed by atoms with Crippen LogP contribution in [-0.4, -0.2) is 75.8 Å². The topological polar surface area (TPSA) is 78.8 Å². The molecule has 0 aliphatic carbocycles. The first-order valence-corrected chi connectivity index (χ1v) is 15.6. The third-order valence-electron chi connectivity index (χ3n) is 8.32. The highest BCUT2D eigenvalue weighted by molar-refractivity contribution is 8.00. The summed E-state index contributed by atoms with van der Waals surface area (Å²) in [5.74, 6) is 0.593. The van der Waals surface area contributed by atoms with Gasteiger partial charge in [0.15, 0.2) is 0 Å². The molecule has 2 aliphatic rings. The molecule has 43 heavy (non-hydrogen) atoms. The molecule has 0 spiro atoms. The standard InChI is InChI=1S/C34H35N5O3S/c1-23-11-7-9-15-27(23)33-31-32(26-13-5-4-6-14-26)35-39(28-16-10-8-12-24(28)2)34(31)38(30(42)22-43-33)21-29(41)37-19-17-36(18-20-37)25(3)40/h4-16,33H,17-22H2,1-3H3/t33-/m0/s1. The average molecular weight is 594 g/mol. The monoisotopic (exact) mass is 593 g/mol. The van der Waals surface area contributed by atoms with Gasteiger partial charge in [-0.25, -0.2) is 4.68 Å². The van der Waals surface area contributed by atoms with E-state index in [9.17, 15) is 14.4 Å². The lowest BCUT2D eigenvalue weighted by Crippen LogP contribution is -2.53. The third-order valence-corrected chi connectivity index (χ3v) is 9.56. The second kappa shape index (κ2) is 12.1. The summed E-state index contributed by atoms with van der Waals surface area (Å²) in [4.78, 5) is 44.9. The van der Waals surface area contributed by atoms with E-state index in [-0.39, 0.29) is 35.3 Å². The zero-order chi connectivity index (χ0) is 30.1. The summed E-state index contributed by atoms with van der Waals surface area (Å²) in [5.41, 5.74) is 6.79. The van der Waals surface area contributed by atoms with Gasteiger partial charge in [0, 0.05) is 44.2 Å². The number of amides is 3. The Labute approximate surface area is 256 Å². The van der Waals surface area contributed by atoms with Gasteiger partial charge in [-0.15, -0.1) is 11.8 Å². The number of carbonyl (C=O) groups excluding carboxylic acids is 3. The van der Waals surface area contributed by atoms with Crippen LogP contribution >= 0.6 is 11.8 Å². The molecule has 3 aromatic carbocycles. The molecule has 220 valence electrons. The van der Waals surface area contributed by atoms with Crippen LogP contribution in [0.5, 0.6) is 0 Å². The fourth-order valence-electron chi connectivity index (χ4n) is 5.93. The summed E-state index contributed by atoms with van der Waals surface area (Å²) in [7, 11) is 0. The predicted molar refractivity (Wildman–Crippen MR) is 170 cm³/mol. The Hall–Kier alpha value is -4.37. The highest BCUT2D eigenvalue weighted by atomic mass is 32.2. The lowest BCUT2D eigenvalue weighted by atomic mass is 9.96. The van der Waals surface area contributed by atoms with Crippen molar-refractivity contribution < 1.29 is 14.4 Å². The van der Waals surface area contributed by atoms with Gasteiger partial charge in [-0.2, -0.15) is 5.10 Å². The second-order valence-corrected chi connectivity index (χ2v) is 12.2. The van der Waals surface area contributed by atoms with E-state index in [2.05, 4.69) is 19.1 Å². The Bertz CT molecular complexity index is 1680. The number of rotatable bonds is 5. The molecule has 4 aromatic rings. The van der Waals surface area contributed by atoms with Crippen molar-refractivity contribution in [3.8, 4) is 16.9 Å². The largest absolute Gasteiger partial charge is 0.339 e. The predicted octanol–water partition coefficient (Wildman–Crippen LogP) is 5.02. The maximum atomic E-state index is 14.1. The number of aryl methyl sites for hydroxylation is 2. The van der Waals surface area contributed by atoms with Gasteiger partial charge < -0.3 is 9.80 Å². The molecular weight excluding hydrogens is 558 g/mol. The van der Waals surface area contributed by atoms with E-state index in [0.717, 1.165) is 39.2 Å². The van der Waals surface area contributed by atoms with Crippen LogP contribution in [0, 0.1) is 13.8 Å². The summed E-state index contributed by atoms with van der Waals surface area (Å²) >= 11 is 1.58. The van der Waals surface area contributed by atoms with E-state index in [4.69, 9.17) is 5.10 Å². The van der Waals surface area contributed by atoms with E-state index in [1.807, 2.05) is 78.3 Å². The Morgan fingerprint density at radius 2 is 1.47 bits per heavy atom. The summed E-state index contributed by atoms with van der Waals surface area (Å²) in [6, 6.07) is 26.3. The Balaban J connectivity index is 1.53. The van der Waals surface area contributed by atoms with E-state index in [1.54, 1.807) is 33.4 Å². The number of carbonyl (C=O) groups is 3. The van der Waals surface area contributed by atoms with E-state index >= 15 is 0 Å². The highest BCUT2D eigenvalue weighted by Crippen LogP contribution is 2.49. The van der Waals surface area contributed by atoms with Crippen LogP contribution < -0.4 is 4.90 Å². The lowest BCUT2D eigenvalue weighted by molar-refractivity contribution is -0.137. The van der Waals surface area contributed by atoms with Crippen LogP contribution in [0.2, 0.25) is 0 Å². The van der Waals surface area contributed by atoms with Crippen LogP contribution in [0.15, 0.2) is 78.9 Å². The molecule has 0 radical (unpaired) electrons. The number of aromatic nitrogens is 2. The minimum atomic E-state index is -0.174. The Kier molecular flexibility index (Phi) is 8.08. The van der Waals surface area contributed by atoms with Crippen molar-refractivity contribution in [2.75, 3.05) is 43.4 Å². The maximum absolute atomic E-state index is 14.1. The molecule has 1 atom stereocenters. The number of thioether (sulfide) groups is 1. The third kappa shape index (κ3) is 5.57. The molecule has 1 saturated heterocycles. The van der Waals surface area contributed by atoms with Gasteiger partial charge in [0.05, 0.1) is 22.4 Å². The molecule has 9 heteroatoms. The second-order valence-electron chi connectivity index (χ2n) is 11.1. The number of nitrogens with zero attached hydrogens (tertiary/aromatic N) is 5. The number of anilines is 1. The van der Waals surface area contributed by atoms with Gasteiger partial charge in [0.2, 0.25) is 17.7 Å².